The maximum Gasteiger partial charge on any atom is 0.256 e. The molecule has 1 aromatic carbocycles. The van der Waals surface area contributed by atoms with Crippen LogP contribution in [0.25, 0.3) is 10.9 Å². The van der Waals surface area contributed by atoms with Crippen molar-refractivity contribution in [2.75, 3.05) is 33.2 Å². The third kappa shape index (κ3) is 5.10. The van der Waals surface area contributed by atoms with E-state index in [9.17, 15) is 4.79 Å². The van der Waals surface area contributed by atoms with Gasteiger partial charge in [0.15, 0.2) is 0 Å². The van der Waals surface area contributed by atoms with Gasteiger partial charge in [-0.05, 0) is 44.5 Å². The number of aromatic amines is 1. The van der Waals surface area contributed by atoms with Crippen molar-refractivity contribution in [1.82, 2.24) is 19.7 Å². The number of amides is 1. The van der Waals surface area contributed by atoms with E-state index in [1.54, 1.807) is 11.8 Å². The van der Waals surface area contributed by atoms with E-state index < -0.39 is 0 Å². The van der Waals surface area contributed by atoms with Crippen molar-refractivity contribution in [2.45, 2.75) is 50.6 Å². The van der Waals surface area contributed by atoms with Gasteiger partial charge in [0, 0.05) is 49.0 Å². The summed E-state index contributed by atoms with van der Waals surface area (Å²) < 4.78 is 0. The number of H-pyrrole nitrogens is 1. The number of aromatic nitrogens is 1. The number of likely N-dealkylation sites (N-methyl/N-ethyl adjacent to an activating group) is 1. The van der Waals surface area contributed by atoms with Crippen LogP contribution in [0.1, 0.15) is 38.2 Å². The Balaban J connectivity index is 1.62. The number of carbonyl (C=O) groups excluding carboxylic acids is 1. The molecule has 0 spiro atoms. The number of primary amides is 1. The molecule has 0 saturated carbocycles. The lowest BCUT2D eigenvalue weighted by Gasteiger charge is -2.39. The first kappa shape index (κ1) is 22.2. The Kier molecular flexibility index (Phi) is 7.25. The predicted octanol–water partition coefficient (Wildman–Crippen LogP) is 3.57. The Hall–Kier alpha value is -1.96. The van der Waals surface area contributed by atoms with Crippen LogP contribution >= 0.6 is 11.8 Å². The highest BCUT2D eigenvalue weighted by molar-refractivity contribution is 8.04. The molecule has 2 atom stereocenters. The van der Waals surface area contributed by atoms with Crippen molar-refractivity contribution >= 4 is 28.6 Å². The number of hydrogen-bond donors (Lipinski definition) is 2. The summed E-state index contributed by atoms with van der Waals surface area (Å²) in [6.45, 7) is 6.48. The highest BCUT2D eigenvalue weighted by Gasteiger charge is 2.37. The van der Waals surface area contributed by atoms with E-state index in [1.807, 2.05) is 6.20 Å². The molecule has 4 rings (SSSR count). The Morgan fingerprint density at radius 1 is 1.26 bits per heavy atom. The number of para-hydroxylation sites is 1. The van der Waals surface area contributed by atoms with E-state index in [1.165, 1.54) is 22.9 Å². The van der Waals surface area contributed by atoms with Crippen LogP contribution in [0.2, 0.25) is 0 Å². The topological polar surface area (TPSA) is 68.6 Å². The van der Waals surface area contributed by atoms with Crippen molar-refractivity contribution in [3.63, 3.8) is 0 Å². The number of nitrogens with two attached hydrogens (primary N) is 1. The van der Waals surface area contributed by atoms with Crippen molar-refractivity contribution in [3.05, 3.63) is 47.1 Å². The van der Waals surface area contributed by atoms with Gasteiger partial charge in [0.05, 0.1) is 4.91 Å². The van der Waals surface area contributed by atoms with Crippen LogP contribution in [-0.2, 0) is 11.2 Å². The SMILES string of the molecule is CCCCC(Cc1c[nH]c2ccccc12)N1C=C(C(N)=O)SC1N1CCCN(C)CC1. The second kappa shape index (κ2) is 10.1. The first-order valence-corrected chi connectivity index (χ1v) is 12.4. The fourth-order valence-corrected chi connectivity index (χ4v) is 5.95. The van der Waals surface area contributed by atoms with Crippen LogP contribution in [-0.4, -0.2) is 70.4 Å². The van der Waals surface area contributed by atoms with Crippen molar-refractivity contribution < 1.29 is 4.79 Å². The standard InChI is InChI=1S/C24H35N5OS/c1-3-4-8-19(15-18-16-26-21-10-6-5-9-20(18)21)29-17-22(23(25)30)31-24(29)28-12-7-11-27(2)13-14-28/h5-6,9-10,16-17,19,24,26H,3-4,7-8,11-15H2,1-2H3,(H2,25,30). The molecule has 0 aliphatic carbocycles. The molecule has 0 radical (unpaired) electrons. The summed E-state index contributed by atoms with van der Waals surface area (Å²) in [6.07, 6.45) is 9.74. The minimum atomic E-state index is -0.314. The maximum absolute atomic E-state index is 12.1. The van der Waals surface area contributed by atoms with Crippen molar-refractivity contribution in [2.24, 2.45) is 5.73 Å². The van der Waals surface area contributed by atoms with Gasteiger partial charge in [-0.2, -0.15) is 0 Å². The number of nitrogens with zero attached hydrogens (tertiary/aromatic N) is 3. The van der Waals surface area contributed by atoms with Gasteiger partial charge in [-0.25, -0.2) is 0 Å². The molecule has 0 bridgehead atoms. The summed E-state index contributed by atoms with van der Waals surface area (Å²) in [5, 5.41) is 1.29. The van der Waals surface area contributed by atoms with Gasteiger partial charge in [0.2, 0.25) is 0 Å². The summed E-state index contributed by atoms with van der Waals surface area (Å²) in [4.78, 5) is 23.6. The average molecular weight is 442 g/mol. The quantitative estimate of drug-likeness (QED) is 0.656. The van der Waals surface area contributed by atoms with E-state index in [-0.39, 0.29) is 11.4 Å². The number of fused-ring (bicyclic) bond motifs is 1. The fraction of sp³-hybridized carbons (Fsp3) is 0.542. The summed E-state index contributed by atoms with van der Waals surface area (Å²) in [5.74, 6) is -0.314. The number of hydrogen-bond acceptors (Lipinski definition) is 5. The van der Waals surface area contributed by atoms with Crippen LogP contribution in [0.15, 0.2) is 41.6 Å². The number of carbonyl (C=O) groups is 1. The number of nitrogens with one attached hydrogen (secondary N) is 1. The lowest BCUT2D eigenvalue weighted by atomic mass is 9.99. The molecule has 6 nitrogen and oxygen atoms in total. The van der Waals surface area contributed by atoms with E-state index in [4.69, 9.17) is 5.73 Å². The molecule has 1 saturated heterocycles. The van der Waals surface area contributed by atoms with Gasteiger partial charge < -0.3 is 20.5 Å². The molecule has 1 amide bonds. The van der Waals surface area contributed by atoms with Gasteiger partial charge in [0.25, 0.3) is 5.91 Å². The average Bonchev–Trinajstić information content (AvgIpc) is 3.32. The van der Waals surface area contributed by atoms with E-state index in [0.29, 0.717) is 10.9 Å². The number of thioether (sulfide) groups is 1. The number of benzene rings is 1. The summed E-state index contributed by atoms with van der Waals surface area (Å²) in [6, 6.07) is 8.84. The number of rotatable bonds is 8. The molecule has 31 heavy (non-hydrogen) atoms. The summed E-state index contributed by atoms with van der Waals surface area (Å²) in [7, 11) is 2.19. The normalized spacial score (nSPS) is 21.9. The third-order valence-corrected chi connectivity index (χ3v) is 7.82. The molecule has 2 aliphatic heterocycles. The monoisotopic (exact) mass is 441 g/mol. The number of unbranched alkanes of at least 4 members (excludes halogenated alkanes) is 1. The Morgan fingerprint density at radius 2 is 2.10 bits per heavy atom. The van der Waals surface area contributed by atoms with Crippen LogP contribution in [0.4, 0.5) is 0 Å². The van der Waals surface area contributed by atoms with Gasteiger partial charge in [-0.15, -0.1) is 0 Å². The highest BCUT2D eigenvalue weighted by Crippen LogP contribution is 2.38. The minimum Gasteiger partial charge on any atom is -0.365 e. The molecular formula is C24H35N5OS. The summed E-state index contributed by atoms with van der Waals surface area (Å²) >= 11 is 1.63. The first-order chi connectivity index (χ1) is 15.1. The van der Waals surface area contributed by atoms with Crippen LogP contribution in [0.3, 0.4) is 0 Å². The Morgan fingerprint density at radius 3 is 2.90 bits per heavy atom. The van der Waals surface area contributed by atoms with E-state index in [2.05, 4.69) is 64.1 Å². The predicted molar refractivity (Wildman–Crippen MR) is 129 cm³/mol. The first-order valence-electron chi connectivity index (χ1n) is 11.5. The lowest BCUT2D eigenvalue weighted by molar-refractivity contribution is -0.113. The fourth-order valence-electron chi connectivity index (χ4n) is 4.71. The largest absolute Gasteiger partial charge is 0.365 e. The second-order valence-electron chi connectivity index (χ2n) is 8.80. The smallest absolute Gasteiger partial charge is 0.256 e. The highest BCUT2D eigenvalue weighted by atomic mass is 32.2. The van der Waals surface area contributed by atoms with Crippen LogP contribution < -0.4 is 5.73 Å². The molecule has 2 aromatic rings. The van der Waals surface area contributed by atoms with E-state index >= 15 is 0 Å². The molecule has 3 N–H and O–H groups in total. The van der Waals surface area contributed by atoms with Gasteiger partial charge in [-0.3, -0.25) is 9.69 Å². The zero-order valence-electron chi connectivity index (χ0n) is 18.7. The molecular weight excluding hydrogens is 406 g/mol. The Bertz CT molecular complexity index is 926. The van der Waals surface area contributed by atoms with Gasteiger partial charge in [-0.1, -0.05) is 49.7 Å². The lowest BCUT2D eigenvalue weighted by Crippen LogP contribution is -2.48. The molecule has 168 valence electrons. The zero-order chi connectivity index (χ0) is 21.8. The van der Waals surface area contributed by atoms with Gasteiger partial charge >= 0.3 is 0 Å². The van der Waals surface area contributed by atoms with Crippen LogP contribution in [0, 0.1) is 0 Å². The van der Waals surface area contributed by atoms with Crippen molar-refractivity contribution in [1.29, 1.82) is 0 Å². The van der Waals surface area contributed by atoms with Gasteiger partial charge in [0.1, 0.15) is 5.50 Å². The Labute approximate surface area is 189 Å². The summed E-state index contributed by atoms with van der Waals surface area (Å²) in [5.41, 5.74) is 8.40. The molecule has 2 unspecified atom stereocenters. The van der Waals surface area contributed by atoms with E-state index in [0.717, 1.165) is 51.9 Å². The zero-order valence-corrected chi connectivity index (χ0v) is 19.5. The second-order valence-corrected chi connectivity index (χ2v) is 9.90. The molecule has 3 heterocycles. The van der Waals surface area contributed by atoms with Crippen LogP contribution in [0.5, 0.6) is 0 Å². The van der Waals surface area contributed by atoms with Crippen molar-refractivity contribution in [3.8, 4) is 0 Å². The molecule has 7 heteroatoms. The maximum atomic E-state index is 12.1. The molecule has 1 fully saturated rings. The molecule has 1 aromatic heterocycles. The third-order valence-electron chi connectivity index (χ3n) is 6.51. The minimum absolute atomic E-state index is 0.140. The molecule has 2 aliphatic rings.